The van der Waals surface area contributed by atoms with Gasteiger partial charge in [0.2, 0.25) is 0 Å². The Labute approximate surface area is 215 Å². The number of nitriles is 1. The van der Waals surface area contributed by atoms with Crippen molar-refractivity contribution in [3.63, 3.8) is 0 Å². The monoisotopic (exact) mass is 513 g/mol. The molecule has 37 heavy (non-hydrogen) atoms. The second-order valence-electron chi connectivity index (χ2n) is 10.7. The summed E-state index contributed by atoms with van der Waals surface area (Å²) < 4.78 is 29.8. The summed E-state index contributed by atoms with van der Waals surface area (Å²) in [5, 5.41) is 18.9. The van der Waals surface area contributed by atoms with Crippen LogP contribution in [0.4, 0.5) is 4.39 Å². The number of hydrogen-bond acceptors (Lipinski definition) is 4. The predicted molar refractivity (Wildman–Crippen MR) is 147 cm³/mol. The number of H-pyrrole nitrogens is 1. The van der Waals surface area contributed by atoms with Gasteiger partial charge in [-0.1, -0.05) is 32.0 Å². The topological polar surface area (TPSA) is 87.4 Å². The standard InChI is InChI=1S/C29H29FN5OP/c1-18-12-21(15-32-28(18)37(4,5)36)26-22-14-24-20(16-33-34-24)13-25(22)35(27(26)29(2,3)10-11-31)17-19-8-6-7-9-23(19)30/h6-9,12-16H,10,17H2,1-5H3,(H,33,34). The molecule has 0 aliphatic carbocycles. The molecule has 3 heterocycles. The molecule has 0 unspecified atom stereocenters. The van der Waals surface area contributed by atoms with Crippen LogP contribution in [0.2, 0.25) is 0 Å². The zero-order valence-corrected chi connectivity index (χ0v) is 22.5. The van der Waals surface area contributed by atoms with E-state index >= 15 is 0 Å². The molecule has 6 nitrogen and oxygen atoms in total. The second-order valence-corrected chi connectivity index (χ2v) is 13.8. The first-order valence-electron chi connectivity index (χ1n) is 12.1. The number of aryl methyl sites for hydroxylation is 1. The van der Waals surface area contributed by atoms with Crippen LogP contribution in [0.15, 0.2) is 54.9 Å². The van der Waals surface area contributed by atoms with E-state index in [1.807, 2.05) is 32.9 Å². The normalized spacial score (nSPS) is 12.4. The maximum absolute atomic E-state index is 14.9. The lowest BCUT2D eigenvalue weighted by atomic mass is 9.82. The molecule has 0 aliphatic heterocycles. The lowest BCUT2D eigenvalue weighted by molar-refractivity contribution is 0.494. The highest BCUT2D eigenvalue weighted by atomic mass is 31.2. The quantitative estimate of drug-likeness (QED) is 0.262. The molecular formula is C29H29FN5OP. The Morgan fingerprint density at radius 1 is 1.16 bits per heavy atom. The highest BCUT2D eigenvalue weighted by molar-refractivity contribution is 7.70. The summed E-state index contributed by atoms with van der Waals surface area (Å²) in [6, 6.07) is 15.3. The van der Waals surface area contributed by atoms with Gasteiger partial charge in [-0.25, -0.2) is 4.39 Å². The van der Waals surface area contributed by atoms with E-state index in [0.717, 1.165) is 44.2 Å². The van der Waals surface area contributed by atoms with Gasteiger partial charge in [0.1, 0.15) is 18.4 Å². The van der Waals surface area contributed by atoms with Crippen molar-refractivity contribution >= 4 is 34.4 Å². The van der Waals surface area contributed by atoms with Crippen molar-refractivity contribution in [2.45, 2.75) is 39.2 Å². The largest absolute Gasteiger partial charge is 0.339 e. The van der Waals surface area contributed by atoms with Crippen molar-refractivity contribution in [1.29, 1.82) is 5.26 Å². The van der Waals surface area contributed by atoms with Gasteiger partial charge < -0.3 is 9.13 Å². The minimum absolute atomic E-state index is 0.274. The Morgan fingerprint density at radius 2 is 1.92 bits per heavy atom. The van der Waals surface area contributed by atoms with E-state index in [1.54, 1.807) is 37.9 Å². The third-order valence-corrected chi connectivity index (χ3v) is 8.41. The Balaban J connectivity index is 1.90. The average molecular weight is 514 g/mol. The minimum Gasteiger partial charge on any atom is -0.339 e. The number of benzene rings is 2. The molecule has 0 saturated heterocycles. The molecule has 188 valence electrons. The van der Waals surface area contributed by atoms with Crippen molar-refractivity contribution in [2.24, 2.45) is 0 Å². The highest BCUT2D eigenvalue weighted by Gasteiger charge is 2.32. The molecule has 8 heteroatoms. The van der Waals surface area contributed by atoms with Gasteiger partial charge in [-0.3, -0.25) is 10.1 Å². The first kappa shape index (κ1) is 24.9. The van der Waals surface area contributed by atoms with Gasteiger partial charge in [0, 0.05) is 51.2 Å². The predicted octanol–water partition coefficient (Wildman–Crippen LogP) is 6.51. The van der Waals surface area contributed by atoms with Crippen LogP contribution in [-0.2, 0) is 16.5 Å². The Morgan fingerprint density at radius 3 is 2.59 bits per heavy atom. The van der Waals surface area contributed by atoms with Crippen molar-refractivity contribution in [1.82, 2.24) is 19.7 Å². The molecule has 2 aromatic carbocycles. The molecule has 3 aromatic heterocycles. The summed E-state index contributed by atoms with van der Waals surface area (Å²) in [7, 11) is -2.55. The lowest BCUT2D eigenvalue weighted by Crippen LogP contribution is -2.23. The summed E-state index contributed by atoms with van der Waals surface area (Å²) in [4.78, 5) is 4.64. The van der Waals surface area contributed by atoms with Crippen molar-refractivity contribution in [3.05, 3.63) is 77.5 Å². The SMILES string of the molecule is Cc1cc(-c2c(C(C)(C)CC#N)n(Cc3ccccc3F)c3cc4cn[nH]c4cc23)cnc1P(C)(C)=O. The maximum atomic E-state index is 14.9. The van der Waals surface area contributed by atoms with E-state index in [0.29, 0.717) is 17.5 Å². The number of halogens is 1. The van der Waals surface area contributed by atoms with E-state index in [9.17, 15) is 14.2 Å². The van der Waals surface area contributed by atoms with Gasteiger partial charge in [0.05, 0.1) is 29.8 Å². The highest BCUT2D eigenvalue weighted by Crippen LogP contribution is 2.44. The number of aromatic amines is 1. The summed E-state index contributed by atoms with van der Waals surface area (Å²) in [6.07, 6.45) is 3.82. The molecule has 0 fully saturated rings. The molecule has 5 rings (SSSR count). The second kappa shape index (κ2) is 8.97. The van der Waals surface area contributed by atoms with Crippen molar-refractivity contribution in [2.75, 3.05) is 13.3 Å². The van der Waals surface area contributed by atoms with Gasteiger partial charge in [0.25, 0.3) is 0 Å². The first-order chi connectivity index (χ1) is 17.5. The van der Waals surface area contributed by atoms with E-state index in [-0.39, 0.29) is 12.2 Å². The number of hydrogen-bond donors (Lipinski definition) is 1. The van der Waals surface area contributed by atoms with Crippen LogP contribution < -0.4 is 5.44 Å². The van der Waals surface area contributed by atoms with Crippen LogP contribution >= 0.6 is 7.14 Å². The molecule has 0 bridgehead atoms. The molecule has 0 atom stereocenters. The van der Waals surface area contributed by atoms with Crippen molar-refractivity contribution < 1.29 is 8.96 Å². The molecule has 0 amide bonds. The summed E-state index contributed by atoms with van der Waals surface area (Å²) in [6.45, 7) is 9.76. The number of fused-ring (bicyclic) bond motifs is 2. The average Bonchev–Trinajstić information content (AvgIpc) is 3.40. The summed E-state index contributed by atoms with van der Waals surface area (Å²) >= 11 is 0. The van der Waals surface area contributed by atoms with Gasteiger partial charge in [-0.05, 0) is 50.1 Å². The zero-order chi connectivity index (χ0) is 26.5. The molecule has 0 aliphatic rings. The molecule has 1 N–H and O–H groups in total. The van der Waals surface area contributed by atoms with Crippen molar-refractivity contribution in [3.8, 4) is 17.2 Å². The Hall–Kier alpha value is -3.75. The van der Waals surface area contributed by atoms with Crippen LogP contribution in [0.3, 0.4) is 0 Å². The third-order valence-electron chi connectivity index (χ3n) is 6.92. The van der Waals surface area contributed by atoms with E-state index < -0.39 is 12.6 Å². The van der Waals surface area contributed by atoms with Crippen LogP contribution in [0.25, 0.3) is 32.9 Å². The third kappa shape index (κ3) is 4.36. The van der Waals surface area contributed by atoms with Gasteiger partial charge in [-0.15, -0.1) is 0 Å². The Kier molecular flexibility index (Phi) is 6.04. The van der Waals surface area contributed by atoms with Crippen LogP contribution in [0, 0.1) is 24.1 Å². The summed E-state index contributed by atoms with van der Waals surface area (Å²) in [5.74, 6) is -0.275. The lowest BCUT2D eigenvalue weighted by Gasteiger charge is -2.27. The first-order valence-corrected chi connectivity index (χ1v) is 14.7. The van der Waals surface area contributed by atoms with Gasteiger partial charge in [0.15, 0.2) is 0 Å². The van der Waals surface area contributed by atoms with E-state index in [2.05, 4.69) is 38.0 Å². The van der Waals surface area contributed by atoms with Crippen LogP contribution in [0.1, 0.15) is 37.1 Å². The van der Waals surface area contributed by atoms with Gasteiger partial charge in [-0.2, -0.15) is 10.4 Å². The molecule has 0 spiro atoms. The fourth-order valence-corrected chi connectivity index (χ4v) is 6.54. The van der Waals surface area contributed by atoms with E-state index in [1.165, 1.54) is 6.07 Å². The number of nitrogens with zero attached hydrogens (tertiary/aromatic N) is 4. The number of aromatic nitrogens is 4. The number of rotatable bonds is 6. The minimum atomic E-state index is -2.55. The molecular weight excluding hydrogens is 484 g/mol. The maximum Gasteiger partial charge on any atom is 0.128 e. The summed E-state index contributed by atoms with van der Waals surface area (Å²) in [5.41, 5.74) is 6.01. The molecule has 0 radical (unpaired) electrons. The zero-order valence-electron chi connectivity index (χ0n) is 21.6. The number of pyridine rings is 1. The van der Waals surface area contributed by atoms with Gasteiger partial charge >= 0.3 is 0 Å². The van der Waals surface area contributed by atoms with Crippen LogP contribution in [-0.4, -0.2) is 33.1 Å². The molecule has 5 aromatic rings. The Bertz CT molecular complexity index is 1750. The van der Waals surface area contributed by atoms with Crippen LogP contribution in [0.5, 0.6) is 0 Å². The molecule has 0 saturated carbocycles. The number of nitrogens with one attached hydrogen (secondary N) is 1. The van der Waals surface area contributed by atoms with E-state index in [4.69, 9.17) is 0 Å². The smallest absolute Gasteiger partial charge is 0.128 e. The fraction of sp³-hybridized carbons (Fsp3) is 0.276. The fourth-order valence-electron chi connectivity index (χ4n) is 5.29.